The summed E-state index contributed by atoms with van der Waals surface area (Å²) < 4.78 is 19.8. The lowest BCUT2D eigenvalue weighted by molar-refractivity contribution is -0.113. The molecule has 0 unspecified atom stereocenters. The number of rotatable bonds is 7. The van der Waals surface area contributed by atoms with Crippen molar-refractivity contribution >= 4 is 52.8 Å². The zero-order valence-electron chi connectivity index (χ0n) is 20.7. The fraction of sp³-hybridized carbons (Fsp3) is 0.400. The first-order valence-corrected chi connectivity index (χ1v) is 13.0. The van der Waals surface area contributed by atoms with Gasteiger partial charge < -0.3 is 25.4 Å². The SMILES string of the molecule is COc1ccc2ncc(F)c(CCN3CCC(CO)(NC(=O)c4ccc5c(n4)NC(=O)CS5)CC3)c2n1.Cl. The molecule has 38 heavy (non-hydrogen) atoms. The van der Waals surface area contributed by atoms with E-state index in [4.69, 9.17) is 4.74 Å². The van der Waals surface area contributed by atoms with E-state index in [2.05, 4.69) is 30.5 Å². The summed E-state index contributed by atoms with van der Waals surface area (Å²) in [6.07, 6.45) is 2.70. The van der Waals surface area contributed by atoms with Gasteiger partial charge in [-0.2, -0.15) is 0 Å². The summed E-state index contributed by atoms with van der Waals surface area (Å²) in [5.74, 6) is 0.132. The number of nitrogens with one attached hydrogen (secondary N) is 2. The molecule has 0 radical (unpaired) electrons. The Bertz CT molecular complexity index is 1350. The summed E-state index contributed by atoms with van der Waals surface area (Å²) in [5.41, 5.74) is 0.971. The molecule has 3 aromatic heterocycles. The number of hydrogen-bond donors (Lipinski definition) is 3. The van der Waals surface area contributed by atoms with Gasteiger partial charge in [0.2, 0.25) is 11.8 Å². The van der Waals surface area contributed by atoms with Crippen molar-refractivity contribution in [1.29, 1.82) is 0 Å². The lowest BCUT2D eigenvalue weighted by atomic mass is 9.87. The molecule has 3 aromatic rings. The molecule has 2 aliphatic heterocycles. The summed E-state index contributed by atoms with van der Waals surface area (Å²) >= 11 is 1.37. The normalized spacial score (nSPS) is 16.8. The molecule has 0 spiro atoms. The number of aliphatic hydroxyl groups excluding tert-OH is 1. The van der Waals surface area contributed by atoms with Crippen LogP contribution in [0.25, 0.3) is 11.0 Å². The van der Waals surface area contributed by atoms with Crippen molar-refractivity contribution in [3.8, 4) is 5.88 Å². The summed E-state index contributed by atoms with van der Waals surface area (Å²) in [6.45, 7) is 1.62. The van der Waals surface area contributed by atoms with E-state index in [1.165, 1.54) is 25.1 Å². The number of nitrogens with zero attached hydrogens (tertiary/aromatic N) is 4. The molecule has 0 atom stereocenters. The number of piperidine rings is 1. The van der Waals surface area contributed by atoms with E-state index in [9.17, 15) is 19.1 Å². The minimum atomic E-state index is -0.785. The number of ether oxygens (including phenoxy) is 1. The molecule has 202 valence electrons. The number of carbonyl (C=O) groups excluding carboxylic acids is 2. The number of fused-ring (bicyclic) bond motifs is 2. The van der Waals surface area contributed by atoms with Crippen molar-refractivity contribution in [2.24, 2.45) is 0 Å². The number of hydrogen-bond acceptors (Lipinski definition) is 9. The Morgan fingerprint density at radius 3 is 2.79 bits per heavy atom. The number of anilines is 1. The minimum absolute atomic E-state index is 0. The van der Waals surface area contributed by atoms with Gasteiger partial charge in [-0.15, -0.1) is 24.2 Å². The summed E-state index contributed by atoms with van der Waals surface area (Å²) in [5, 5.41) is 15.8. The molecule has 1 fully saturated rings. The summed E-state index contributed by atoms with van der Waals surface area (Å²) in [7, 11) is 1.51. The highest BCUT2D eigenvalue weighted by atomic mass is 35.5. The number of amides is 2. The quantitative estimate of drug-likeness (QED) is 0.397. The van der Waals surface area contributed by atoms with Crippen molar-refractivity contribution in [2.75, 3.05) is 44.4 Å². The topological polar surface area (TPSA) is 130 Å². The maximum Gasteiger partial charge on any atom is 0.270 e. The van der Waals surface area contributed by atoms with E-state index in [0.29, 0.717) is 72.9 Å². The first-order valence-electron chi connectivity index (χ1n) is 12.0. The second kappa shape index (κ2) is 11.8. The van der Waals surface area contributed by atoms with Crippen molar-refractivity contribution in [2.45, 2.75) is 29.7 Å². The molecular formula is C25H28ClFN6O4S. The van der Waals surface area contributed by atoms with Gasteiger partial charge in [-0.25, -0.2) is 14.4 Å². The fourth-order valence-electron chi connectivity index (χ4n) is 4.62. The second-order valence-corrected chi connectivity index (χ2v) is 10.2. The average molecular weight is 563 g/mol. The Hall–Kier alpha value is -3.06. The van der Waals surface area contributed by atoms with E-state index < -0.39 is 17.3 Å². The van der Waals surface area contributed by atoms with Gasteiger partial charge in [0.25, 0.3) is 5.91 Å². The van der Waals surface area contributed by atoms with Gasteiger partial charge in [0.1, 0.15) is 17.3 Å². The molecule has 3 N–H and O–H groups in total. The van der Waals surface area contributed by atoms with Crippen LogP contribution in [-0.4, -0.2) is 81.4 Å². The zero-order chi connectivity index (χ0) is 26.0. The smallest absolute Gasteiger partial charge is 0.270 e. The molecule has 5 rings (SSSR count). The number of carbonyl (C=O) groups is 2. The molecule has 0 bridgehead atoms. The first kappa shape index (κ1) is 28.0. The molecule has 0 saturated carbocycles. The molecule has 13 heteroatoms. The summed E-state index contributed by atoms with van der Waals surface area (Å²) in [6, 6.07) is 6.84. The molecular weight excluding hydrogens is 535 g/mol. The predicted molar refractivity (Wildman–Crippen MR) is 144 cm³/mol. The molecule has 1 saturated heterocycles. The molecule has 2 aliphatic rings. The van der Waals surface area contributed by atoms with Crippen LogP contribution in [0.2, 0.25) is 0 Å². The van der Waals surface area contributed by atoms with Crippen molar-refractivity contribution < 1.29 is 23.8 Å². The van der Waals surface area contributed by atoms with Gasteiger partial charge in [-0.05, 0) is 37.5 Å². The van der Waals surface area contributed by atoms with Crippen LogP contribution in [0.15, 0.2) is 35.4 Å². The maximum atomic E-state index is 14.6. The lowest BCUT2D eigenvalue weighted by Gasteiger charge is -2.41. The van der Waals surface area contributed by atoms with Gasteiger partial charge in [0.05, 0.1) is 47.1 Å². The maximum absolute atomic E-state index is 14.6. The van der Waals surface area contributed by atoms with Crippen LogP contribution in [0.4, 0.5) is 10.2 Å². The van der Waals surface area contributed by atoms with Crippen molar-refractivity contribution in [1.82, 2.24) is 25.2 Å². The number of halogens is 2. The van der Waals surface area contributed by atoms with Gasteiger partial charge in [0.15, 0.2) is 0 Å². The first-order chi connectivity index (χ1) is 17.9. The highest BCUT2D eigenvalue weighted by Crippen LogP contribution is 2.30. The van der Waals surface area contributed by atoms with Crippen LogP contribution in [0.3, 0.4) is 0 Å². The van der Waals surface area contributed by atoms with E-state index >= 15 is 0 Å². The van der Waals surface area contributed by atoms with E-state index in [-0.39, 0.29) is 30.6 Å². The standard InChI is InChI=1S/C25H27FN6O4S.ClH/c1-36-21-5-3-17-22(30-21)15(16(26)12-27-17)6-9-32-10-7-25(14-33,8-11-32)31-24(35)18-2-4-19-23(28-18)29-20(34)13-37-19;/h2-5,12,33H,6-11,13-14H2,1H3,(H,31,35)(H,28,29,34);1H. The number of aromatic nitrogens is 3. The highest BCUT2D eigenvalue weighted by Gasteiger charge is 2.36. The number of likely N-dealkylation sites (tertiary alicyclic amines) is 1. The largest absolute Gasteiger partial charge is 0.481 e. The van der Waals surface area contributed by atoms with Crippen molar-refractivity contribution in [3.05, 3.63) is 47.5 Å². The van der Waals surface area contributed by atoms with E-state index in [1.54, 1.807) is 24.3 Å². The Labute approximate surface area is 229 Å². The van der Waals surface area contributed by atoms with E-state index in [1.807, 2.05) is 0 Å². The zero-order valence-corrected chi connectivity index (χ0v) is 22.3. The lowest BCUT2D eigenvalue weighted by Crippen LogP contribution is -2.57. The number of aliphatic hydroxyl groups is 1. The number of pyridine rings is 3. The third kappa shape index (κ3) is 5.83. The third-order valence-corrected chi connectivity index (χ3v) is 7.88. The Kier molecular flexibility index (Phi) is 8.66. The van der Waals surface area contributed by atoms with Gasteiger partial charge in [-0.1, -0.05) is 0 Å². The number of thioether (sulfide) groups is 1. The van der Waals surface area contributed by atoms with Gasteiger partial charge in [-0.3, -0.25) is 14.6 Å². The highest BCUT2D eigenvalue weighted by molar-refractivity contribution is 8.00. The molecule has 10 nitrogen and oxygen atoms in total. The van der Waals surface area contributed by atoms with Crippen LogP contribution in [0.5, 0.6) is 5.88 Å². The average Bonchev–Trinajstić information content (AvgIpc) is 2.92. The number of methoxy groups -OCH3 is 1. The van der Waals surface area contributed by atoms with E-state index in [0.717, 1.165) is 4.90 Å². The Morgan fingerprint density at radius 2 is 2.05 bits per heavy atom. The van der Waals surface area contributed by atoms with Crippen LogP contribution in [0.1, 0.15) is 28.9 Å². The fourth-order valence-corrected chi connectivity index (χ4v) is 5.38. The van der Waals surface area contributed by atoms with Crippen LogP contribution in [0, 0.1) is 5.82 Å². The third-order valence-electron chi connectivity index (χ3n) is 6.83. The molecule has 0 aromatic carbocycles. The van der Waals surface area contributed by atoms with Gasteiger partial charge in [0, 0.05) is 31.3 Å². The van der Waals surface area contributed by atoms with Gasteiger partial charge >= 0.3 is 0 Å². The van der Waals surface area contributed by atoms with Crippen LogP contribution >= 0.6 is 24.2 Å². The summed E-state index contributed by atoms with van der Waals surface area (Å²) in [4.78, 5) is 40.4. The van der Waals surface area contributed by atoms with Crippen LogP contribution in [-0.2, 0) is 11.2 Å². The monoisotopic (exact) mass is 562 g/mol. The molecule has 5 heterocycles. The Balaban J connectivity index is 0.00000336. The predicted octanol–water partition coefficient (Wildman–Crippen LogP) is 2.44. The second-order valence-electron chi connectivity index (χ2n) is 9.17. The van der Waals surface area contributed by atoms with Crippen LogP contribution < -0.4 is 15.4 Å². The minimum Gasteiger partial charge on any atom is -0.481 e. The molecule has 2 amide bonds. The van der Waals surface area contributed by atoms with Crippen molar-refractivity contribution in [3.63, 3.8) is 0 Å². The Morgan fingerprint density at radius 1 is 1.26 bits per heavy atom. The molecule has 0 aliphatic carbocycles.